The zero-order valence-electron chi connectivity index (χ0n) is 16.7. The molecule has 0 saturated carbocycles. The van der Waals surface area contributed by atoms with Crippen molar-refractivity contribution in [1.29, 1.82) is 0 Å². The Morgan fingerprint density at radius 3 is 2.67 bits per heavy atom. The predicted octanol–water partition coefficient (Wildman–Crippen LogP) is 4.89. The quantitative estimate of drug-likeness (QED) is 0.385. The monoisotopic (exact) mass is 412 g/mol. The fourth-order valence-corrected chi connectivity index (χ4v) is 4.32. The molecule has 4 heterocycles. The van der Waals surface area contributed by atoms with Crippen LogP contribution in [0.4, 0.5) is 0 Å². The number of hydrogen-bond acceptors (Lipinski definition) is 5. The Kier molecular flexibility index (Phi) is 4.80. The van der Waals surface area contributed by atoms with Crippen molar-refractivity contribution < 1.29 is 0 Å². The summed E-state index contributed by atoms with van der Waals surface area (Å²) < 4.78 is 4.13. The Morgan fingerprint density at radius 1 is 0.967 bits per heavy atom. The van der Waals surface area contributed by atoms with Crippen molar-refractivity contribution in [2.24, 2.45) is 0 Å². The highest BCUT2D eigenvalue weighted by atomic mass is 32.2. The van der Waals surface area contributed by atoms with Gasteiger partial charge in [-0.05, 0) is 49.7 Å². The summed E-state index contributed by atoms with van der Waals surface area (Å²) >= 11 is 1.62. The van der Waals surface area contributed by atoms with E-state index in [1.54, 1.807) is 18.0 Å². The molecule has 5 aromatic rings. The standard InChI is InChI=1S/C23H20N6S/c1-16-9-10-20(17(2)13-16)29-22(19-7-3-5-11-24-19)26-27-23(29)30-15-18-14-28-12-6-4-8-21(28)25-18/h3-14H,15H2,1-2H3. The number of benzene rings is 1. The second-order valence-electron chi connectivity index (χ2n) is 7.13. The van der Waals surface area contributed by atoms with Crippen molar-refractivity contribution in [1.82, 2.24) is 29.1 Å². The Balaban J connectivity index is 1.55. The third-order valence-corrected chi connectivity index (χ3v) is 5.85. The molecule has 0 amide bonds. The van der Waals surface area contributed by atoms with Crippen LogP contribution in [0.15, 0.2) is 78.3 Å². The maximum atomic E-state index is 4.70. The number of aryl methyl sites for hydroxylation is 2. The molecule has 5 rings (SSSR count). The van der Waals surface area contributed by atoms with Gasteiger partial charge in [0.1, 0.15) is 11.3 Å². The molecule has 30 heavy (non-hydrogen) atoms. The van der Waals surface area contributed by atoms with Crippen LogP contribution in [0.2, 0.25) is 0 Å². The first kappa shape index (κ1) is 18.6. The summed E-state index contributed by atoms with van der Waals surface area (Å²) in [6.45, 7) is 4.21. The molecule has 0 fully saturated rings. The van der Waals surface area contributed by atoms with Crippen LogP contribution in [0.1, 0.15) is 16.8 Å². The van der Waals surface area contributed by atoms with E-state index in [-0.39, 0.29) is 0 Å². The molecular weight excluding hydrogens is 392 g/mol. The minimum atomic E-state index is 0.701. The molecule has 0 bridgehead atoms. The van der Waals surface area contributed by atoms with Crippen molar-refractivity contribution >= 4 is 17.4 Å². The minimum Gasteiger partial charge on any atom is -0.307 e. The number of hydrogen-bond donors (Lipinski definition) is 0. The van der Waals surface area contributed by atoms with Gasteiger partial charge in [0.2, 0.25) is 0 Å². The summed E-state index contributed by atoms with van der Waals surface area (Å²) in [5, 5.41) is 9.81. The van der Waals surface area contributed by atoms with Gasteiger partial charge in [0, 0.05) is 24.3 Å². The lowest BCUT2D eigenvalue weighted by molar-refractivity contribution is 0.878. The van der Waals surface area contributed by atoms with Gasteiger partial charge in [0.15, 0.2) is 11.0 Å². The molecule has 0 N–H and O–H groups in total. The van der Waals surface area contributed by atoms with Crippen LogP contribution in [-0.2, 0) is 5.75 Å². The number of nitrogens with zero attached hydrogens (tertiary/aromatic N) is 6. The van der Waals surface area contributed by atoms with Crippen molar-refractivity contribution in [3.63, 3.8) is 0 Å². The largest absolute Gasteiger partial charge is 0.307 e. The van der Waals surface area contributed by atoms with Crippen LogP contribution in [0.3, 0.4) is 0 Å². The molecule has 1 aromatic carbocycles. The molecule has 0 spiro atoms. The molecule has 4 aromatic heterocycles. The van der Waals surface area contributed by atoms with E-state index in [1.807, 2.05) is 47.0 Å². The SMILES string of the molecule is Cc1ccc(-n2c(SCc3cn4ccccc4n3)nnc2-c2ccccn2)c(C)c1. The number of pyridine rings is 2. The molecule has 6 nitrogen and oxygen atoms in total. The van der Waals surface area contributed by atoms with Crippen molar-refractivity contribution in [2.45, 2.75) is 24.8 Å². The van der Waals surface area contributed by atoms with E-state index in [0.29, 0.717) is 5.75 Å². The summed E-state index contributed by atoms with van der Waals surface area (Å²) in [5.74, 6) is 1.44. The Bertz CT molecular complexity index is 1290. The third kappa shape index (κ3) is 3.48. The van der Waals surface area contributed by atoms with E-state index in [9.17, 15) is 0 Å². The lowest BCUT2D eigenvalue weighted by Crippen LogP contribution is -2.03. The van der Waals surface area contributed by atoms with E-state index in [2.05, 4.69) is 58.0 Å². The zero-order valence-corrected chi connectivity index (χ0v) is 17.5. The number of fused-ring (bicyclic) bond motifs is 1. The first-order chi connectivity index (χ1) is 14.7. The third-order valence-electron chi connectivity index (χ3n) is 4.88. The highest BCUT2D eigenvalue weighted by Crippen LogP contribution is 2.30. The minimum absolute atomic E-state index is 0.701. The second-order valence-corrected chi connectivity index (χ2v) is 8.08. The first-order valence-corrected chi connectivity index (χ1v) is 10.7. The van der Waals surface area contributed by atoms with Crippen LogP contribution in [-0.4, -0.2) is 29.1 Å². The van der Waals surface area contributed by atoms with Gasteiger partial charge in [-0.3, -0.25) is 9.55 Å². The lowest BCUT2D eigenvalue weighted by atomic mass is 10.1. The Morgan fingerprint density at radius 2 is 1.87 bits per heavy atom. The van der Waals surface area contributed by atoms with Crippen LogP contribution in [0.25, 0.3) is 22.9 Å². The molecule has 7 heteroatoms. The van der Waals surface area contributed by atoms with Gasteiger partial charge in [-0.15, -0.1) is 10.2 Å². The summed E-state index contributed by atoms with van der Waals surface area (Å²) in [6.07, 6.45) is 5.84. The van der Waals surface area contributed by atoms with Crippen molar-refractivity contribution in [3.8, 4) is 17.2 Å². The molecule has 148 valence electrons. The highest BCUT2D eigenvalue weighted by molar-refractivity contribution is 7.98. The average molecular weight is 413 g/mol. The molecule has 0 aliphatic carbocycles. The Labute approximate surface area is 178 Å². The van der Waals surface area contributed by atoms with Crippen LogP contribution in [0.5, 0.6) is 0 Å². The molecule has 0 saturated heterocycles. The van der Waals surface area contributed by atoms with E-state index >= 15 is 0 Å². The second kappa shape index (κ2) is 7.76. The summed E-state index contributed by atoms with van der Waals surface area (Å²) in [6, 6.07) is 18.2. The summed E-state index contributed by atoms with van der Waals surface area (Å²) in [5.41, 5.74) is 6.19. The van der Waals surface area contributed by atoms with Gasteiger partial charge >= 0.3 is 0 Å². The number of rotatable bonds is 5. The highest BCUT2D eigenvalue weighted by Gasteiger charge is 2.19. The molecule has 0 atom stereocenters. The van der Waals surface area contributed by atoms with E-state index in [0.717, 1.165) is 33.7 Å². The molecular formula is C23H20N6S. The number of aromatic nitrogens is 6. The summed E-state index contributed by atoms with van der Waals surface area (Å²) in [7, 11) is 0. The van der Waals surface area contributed by atoms with Gasteiger partial charge in [0.25, 0.3) is 0 Å². The molecule has 0 unspecified atom stereocenters. The van der Waals surface area contributed by atoms with Gasteiger partial charge in [0.05, 0.1) is 11.4 Å². The maximum absolute atomic E-state index is 4.70. The van der Waals surface area contributed by atoms with Crippen LogP contribution in [0, 0.1) is 13.8 Å². The molecule has 0 aliphatic heterocycles. The smallest absolute Gasteiger partial charge is 0.196 e. The first-order valence-electron chi connectivity index (χ1n) is 9.69. The number of thioether (sulfide) groups is 1. The van der Waals surface area contributed by atoms with Crippen LogP contribution < -0.4 is 0 Å². The van der Waals surface area contributed by atoms with Gasteiger partial charge in [-0.1, -0.05) is 41.6 Å². The van der Waals surface area contributed by atoms with Gasteiger partial charge in [-0.2, -0.15) is 0 Å². The van der Waals surface area contributed by atoms with Crippen LogP contribution >= 0.6 is 11.8 Å². The maximum Gasteiger partial charge on any atom is 0.196 e. The van der Waals surface area contributed by atoms with Crippen molar-refractivity contribution in [2.75, 3.05) is 0 Å². The van der Waals surface area contributed by atoms with Gasteiger partial charge < -0.3 is 4.40 Å². The van der Waals surface area contributed by atoms with Gasteiger partial charge in [-0.25, -0.2) is 4.98 Å². The normalized spacial score (nSPS) is 11.3. The van der Waals surface area contributed by atoms with E-state index in [1.165, 1.54) is 11.1 Å². The fourth-order valence-electron chi connectivity index (χ4n) is 3.49. The fraction of sp³-hybridized carbons (Fsp3) is 0.130. The lowest BCUT2D eigenvalue weighted by Gasteiger charge is -2.13. The molecule has 0 radical (unpaired) electrons. The Hall–Kier alpha value is -3.45. The predicted molar refractivity (Wildman–Crippen MR) is 119 cm³/mol. The molecule has 0 aliphatic rings. The van der Waals surface area contributed by atoms with E-state index < -0.39 is 0 Å². The summed E-state index contributed by atoms with van der Waals surface area (Å²) in [4.78, 5) is 9.19. The topological polar surface area (TPSA) is 60.9 Å². The zero-order chi connectivity index (χ0) is 20.5. The average Bonchev–Trinajstić information content (AvgIpc) is 3.36. The van der Waals surface area contributed by atoms with E-state index in [4.69, 9.17) is 4.98 Å². The number of imidazole rings is 1. The van der Waals surface area contributed by atoms with Crippen molar-refractivity contribution in [3.05, 3.63) is 90.0 Å².